The van der Waals surface area contributed by atoms with Gasteiger partial charge in [0.05, 0.1) is 5.39 Å². The molecule has 0 fully saturated rings. The third-order valence-corrected chi connectivity index (χ3v) is 5.13. The molecule has 0 aliphatic heterocycles. The Bertz CT molecular complexity index is 857. The van der Waals surface area contributed by atoms with Gasteiger partial charge in [-0.15, -0.1) is 11.3 Å². The highest BCUT2D eigenvalue weighted by atomic mass is 32.1. The molecule has 2 heterocycles. The van der Waals surface area contributed by atoms with Crippen LogP contribution in [0.5, 0.6) is 11.6 Å². The number of aryl methyl sites for hydroxylation is 2. The van der Waals surface area contributed by atoms with Crippen molar-refractivity contribution in [3.63, 3.8) is 0 Å². The molecule has 1 aromatic carbocycles. The predicted molar refractivity (Wildman–Crippen MR) is 86.0 cm³/mol. The largest absolute Gasteiger partial charge is 0.438 e. The summed E-state index contributed by atoms with van der Waals surface area (Å²) in [6.07, 6.45) is 6.99. The maximum absolute atomic E-state index is 10.9. The summed E-state index contributed by atoms with van der Waals surface area (Å²) >= 11 is 1.74. The molecule has 0 atom stereocenters. The zero-order valence-electron chi connectivity index (χ0n) is 11.9. The lowest BCUT2D eigenvalue weighted by Crippen LogP contribution is -1.99. The molecule has 4 rings (SSSR count). The molecule has 0 bridgehead atoms. The summed E-state index contributed by atoms with van der Waals surface area (Å²) in [5.41, 5.74) is 1.93. The zero-order chi connectivity index (χ0) is 14.9. The summed E-state index contributed by atoms with van der Waals surface area (Å²) in [7, 11) is 0. The van der Waals surface area contributed by atoms with Crippen LogP contribution in [0.2, 0.25) is 0 Å². The fourth-order valence-electron chi connectivity index (χ4n) is 2.90. The number of hydrogen-bond donors (Lipinski definition) is 0. The van der Waals surface area contributed by atoms with Crippen molar-refractivity contribution in [2.24, 2.45) is 0 Å². The van der Waals surface area contributed by atoms with E-state index < -0.39 is 0 Å². The Morgan fingerprint density at radius 3 is 3.00 bits per heavy atom. The van der Waals surface area contributed by atoms with Gasteiger partial charge in [-0.25, -0.2) is 9.97 Å². The Balaban J connectivity index is 1.81. The molecule has 2 aromatic heterocycles. The molecule has 0 saturated heterocycles. The molecule has 0 amide bonds. The van der Waals surface area contributed by atoms with Crippen molar-refractivity contribution in [3.05, 3.63) is 46.6 Å². The topological polar surface area (TPSA) is 52.1 Å². The minimum Gasteiger partial charge on any atom is -0.438 e. The minimum atomic E-state index is 0.590. The van der Waals surface area contributed by atoms with Crippen LogP contribution in [-0.4, -0.2) is 16.3 Å². The van der Waals surface area contributed by atoms with Crippen molar-refractivity contribution >= 4 is 27.8 Å². The average molecular weight is 310 g/mol. The molecule has 0 spiro atoms. The highest BCUT2D eigenvalue weighted by Gasteiger charge is 2.20. The fraction of sp³-hybridized carbons (Fsp3) is 0.235. The number of fused-ring (bicyclic) bond motifs is 3. The van der Waals surface area contributed by atoms with Crippen LogP contribution in [0.3, 0.4) is 0 Å². The van der Waals surface area contributed by atoms with E-state index in [9.17, 15) is 4.79 Å². The SMILES string of the molecule is O=Cc1cccc(Oc2ncnc3sc4c(c23)CCCC4)c1. The lowest BCUT2D eigenvalue weighted by Gasteiger charge is -2.12. The van der Waals surface area contributed by atoms with Crippen molar-refractivity contribution < 1.29 is 9.53 Å². The summed E-state index contributed by atoms with van der Waals surface area (Å²) in [5.74, 6) is 1.22. The molecule has 3 aromatic rings. The monoisotopic (exact) mass is 310 g/mol. The summed E-state index contributed by atoms with van der Waals surface area (Å²) in [6.45, 7) is 0. The van der Waals surface area contributed by atoms with Crippen molar-refractivity contribution in [2.75, 3.05) is 0 Å². The number of carbonyl (C=O) groups excluding carboxylic acids is 1. The van der Waals surface area contributed by atoms with Crippen LogP contribution < -0.4 is 4.74 Å². The first-order valence-electron chi connectivity index (χ1n) is 7.33. The highest BCUT2D eigenvalue weighted by molar-refractivity contribution is 7.18. The molecule has 1 aliphatic carbocycles. The Labute approximate surface area is 131 Å². The maximum atomic E-state index is 10.9. The van der Waals surface area contributed by atoms with Crippen LogP contribution in [0.4, 0.5) is 0 Å². The molecule has 110 valence electrons. The minimum absolute atomic E-state index is 0.590. The van der Waals surface area contributed by atoms with E-state index in [2.05, 4.69) is 9.97 Å². The van der Waals surface area contributed by atoms with E-state index in [0.29, 0.717) is 17.2 Å². The second kappa shape index (κ2) is 5.50. The van der Waals surface area contributed by atoms with E-state index >= 15 is 0 Å². The molecule has 22 heavy (non-hydrogen) atoms. The highest BCUT2D eigenvalue weighted by Crippen LogP contribution is 2.40. The number of hydrogen-bond acceptors (Lipinski definition) is 5. The zero-order valence-corrected chi connectivity index (χ0v) is 12.7. The third-order valence-electron chi connectivity index (χ3n) is 3.93. The summed E-state index contributed by atoms with van der Waals surface area (Å²) in [4.78, 5) is 22.0. The number of nitrogens with zero attached hydrogens (tertiary/aromatic N) is 2. The van der Waals surface area contributed by atoms with Crippen LogP contribution >= 0.6 is 11.3 Å². The maximum Gasteiger partial charge on any atom is 0.231 e. The number of benzene rings is 1. The van der Waals surface area contributed by atoms with E-state index in [-0.39, 0.29) is 0 Å². The van der Waals surface area contributed by atoms with Crippen LogP contribution in [0.1, 0.15) is 33.6 Å². The molecular formula is C17H14N2O2S. The van der Waals surface area contributed by atoms with Gasteiger partial charge in [0.2, 0.25) is 5.88 Å². The fourth-order valence-corrected chi connectivity index (χ4v) is 4.12. The van der Waals surface area contributed by atoms with E-state index in [1.165, 1.54) is 23.3 Å². The second-order valence-corrected chi connectivity index (χ2v) is 6.45. The Morgan fingerprint density at radius 2 is 2.09 bits per heavy atom. The van der Waals surface area contributed by atoms with Gasteiger partial charge in [0.15, 0.2) is 0 Å². The molecule has 0 unspecified atom stereocenters. The van der Waals surface area contributed by atoms with Crippen LogP contribution in [-0.2, 0) is 12.8 Å². The molecule has 0 N–H and O–H groups in total. The average Bonchev–Trinajstić information content (AvgIpc) is 2.94. The van der Waals surface area contributed by atoms with E-state index in [4.69, 9.17) is 4.74 Å². The van der Waals surface area contributed by atoms with Gasteiger partial charge in [-0.3, -0.25) is 4.79 Å². The predicted octanol–water partition coefficient (Wildman–Crippen LogP) is 4.17. The van der Waals surface area contributed by atoms with Crippen molar-refractivity contribution in [3.8, 4) is 11.6 Å². The van der Waals surface area contributed by atoms with Gasteiger partial charge in [0.25, 0.3) is 0 Å². The van der Waals surface area contributed by atoms with Gasteiger partial charge in [-0.1, -0.05) is 12.1 Å². The van der Waals surface area contributed by atoms with Gasteiger partial charge >= 0.3 is 0 Å². The first-order valence-corrected chi connectivity index (χ1v) is 8.15. The van der Waals surface area contributed by atoms with Gasteiger partial charge in [0.1, 0.15) is 23.2 Å². The normalized spacial score (nSPS) is 13.8. The van der Waals surface area contributed by atoms with Gasteiger partial charge in [0, 0.05) is 10.4 Å². The van der Waals surface area contributed by atoms with Crippen molar-refractivity contribution in [1.29, 1.82) is 0 Å². The van der Waals surface area contributed by atoms with Crippen LogP contribution in [0.15, 0.2) is 30.6 Å². The van der Waals surface area contributed by atoms with E-state index in [1.807, 2.05) is 6.07 Å². The summed E-state index contributed by atoms with van der Waals surface area (Å²) < 4.78 is 5.96. The van der Waals surface area contributed by atoms with E-state index in [1.54, 1.807) is 35.9 Å². The molecular weight excluding hydrogens is 296 g/mol. The standard InChI is InChI=1S/C17H14N2O2S/c20-9-11-4-3-5-12(8-11)21-16-15-13-6-1-2-7-14(13)22-17(15)19-10-18-16/h3-5,8-10H,1-2,6-7H2. The molecule has 4 nitrogen and oxygen atoms in total. The third kappa shape index (κ3) is 2.27. The molecule has 5 heteroatoms. The second-order valence-electron chi connectivity index (χ2n) is 5.36. The number of aldehydes is 1. The lowest BCUT2D eigenvalue weighted by molar-refractivity contribution is 0.112. The van der Waals surface area contributed by atoms with Crippen LogP contribution in [0, 0.1) is 0 Å². The Kier molecular flexibility index (Phi) is 3.35. The smallest absolute Gasteiger partial charge is 0.231 e. The molecule has 0 radical (unpaired) electrons. The molecule has 1 aliphatic rings. The van der Waals surface area contributed by atoms with Crippen molar-refractivity contribution in [1.82, 2.24) is 9.97 Å². The molecule has 0 saturated carbocycles. The van der Waals surface area contributed by atoms with Crippen LogP contribution in [0.25, 0.3) is 10.2 Å². The quantitative estimate of drug-likeness (QED) is 0.681. The number of carbonyl (C=O) groups is 1. The number of aromatic nitrogens is 2. The van der Waals surface area contributed by atoms with Gasteiger partial charge < -0.3 is 4.74 Å². The van der Waals surface area contributed by atoms with Gasteiger partial charge in [-0.2, -0.15) is 0 Å². The van der Waals surface area contributed by atoms with E-state index in [0.717, 1.165) is 29.3 Å². The number of rotatable bonds is 3. The summed E-state index contributed by atoms with van der Waals surface area (Å²) in [6, 6.07) is 7.11. The first kappa shape index (κ1) is 13.4. The first-order chi connectivity index (χ1) is 10.8. The van der Waals surface area contributed by atoms with Crippen molar-refractivity contribution in [2.45, 2.75) is 25.7 Å². The number of thiophene rings is 1. The number of ether oxygens (including phenoxy) is 1. The Hall–Kier alpha value is -2.27. The lowest BCUT2D eigenvalue weighted by atomic mass is 9.97. The summed E-state index contributed by atoms with van der Waals surface area (Å²) in [5, 5.41) is 1.04. The Morgan fingerprint density at radius 1 is 1.18 bits per heavy atom. The van der Waals surface area contributed by atoms with Gasteiger partial charge in [-0.05, 0) is 43.4 Å².